The van der Waals surface area contributed by atoms with Crippen molar-refractivity contribution >= 4 is 11.8 Å². The lowest BCUT2D eigenvalue weighted by Gasteiger charge is -2.28. The highest BCUT2D eigenvalue weighted by Crippen LogP contribution is 2.29. The fourth-order valence-corrected chi connectivity index (χ4v) is 3.10. The predicted octanol–water partition coefficient (Wildman–Crippen LogP) is 4.97. The van der Waals surface area contributed by atoms with E-state index in [-0.39, 0.29) is 5.54 Å². The van der Waals surface area contributed by atoms with Crippen LogP contribution in [0.3, 0.4) is 0 Å². The molecule has 0 bridgehead atoms. The molecule has 0 unspecified atom stereocenters. The molecule has 1 aromatic rings. The molecule has 0 aliphatic heterocycles. The Bertz CT molecular complexity index is 351. The molecule has 19 heavy (non-hydrogen) atoms. The highest BCUT2D eigenvalue weighted by molar-refractivity contribution is 7.99. The fraction of sp³-hybridized carbons (Fsp3) is 0.647. The van der Waals surface area contributed by atoms with Crippen molar-refractivity contribution in [3.05, 3.63) is 30.3 Å². The molecule has 0 spiro atoms. The molecule has 2 heteroatoms. The van der Waals surface area contributed by atoms with Gasteiger partial charge in [0.05, 0.1) is 0 Å². The van der Waals surface area contributed by atoms with Crippen molar-refractivity contribution in [1.82, 2.24) is 5.32 Å². The van der Waals surface area contributed by atoms with Gasteiger partial charge in [-0.1, -0.05) is 32.0 Å². The van der Waals surface area contributed by atoms with Gasteiger partial charge in [0.15, 0.2) is 0 Å². The molecule has 0 radical (unpaired) electrons. The zero-order valence-electron chi connectivity index (χ0n) is 13.1. The lowest BCUT2D eigenvalue weighted by atomic mass is 9.86. The summed E-state index contributed by atoms with van der Waals surface area (Å²) in [6.45, 7) is 12.5. The van der Waals surface area contributed by atoms with Gasteiger partial charge in [0, 0.05) is 10.4 Å². The van der Waals surface area contributed by atoms with Crippen molar-refractivity contribution in [2.45, 2.75) is 57.9 Å². The first-order valence-electron chi connectivity index (χ1n) is 7.21. The Balaban J connectivity index is 2.23. The first-order valence-corrected chi connectivity index (χ1v) is 8.20. The molecule has 0 saturated heterocycles. The molecule has 1 N–H and O–H groups in total. The third-order valence-electron chi connectivity index (χ3n) is 3.25. The van der Waals surface area contributed by atoms with Crippen molar-refractivity contribution < 1.29 is 0 Å². The van der Waals surface area contributed by atoms with Crippen LogP contribution in [0.4, 0.5) is 0 Å². The molecule has 0 aliphatic carbocycles. The summed E-state index contributed by atoms with van der Waals surface area (Å²) in [7, 11) is 0. The van der Waals surface area contributed by atoms with Gasteiger partial charge in [0.25, 0.3) is 0 Å². The molecule has 0 fully saturated rings. The maximum absolute atomic E-state index is 3.58. The summed E-state index contributed by atoms with van der Waals surface area (Å²) in [5, 5.41) is 3.58. The monoisotopic (exact) mass is 279 g/mol. The van der Waals surface area contributed by atoms with Crippen molar-refractivity contribution in [2.24, 2.45) is 5.41 Å². The molecule has 1 aromatic carbocycles. The highest BCUT2D eigenvalue weighted by atomic mass is 32.2. The summed E-state index contributed by atoms with van der Waals surface area (Å²) >= 11 is 1.97. The van der Waals surface area contributed by atoms with E-state index in [0.29, 0.717) is 5.41 Å². The highest BCUT2D eigenvalue weighted by Gasteiger charge is 2.18. The van der Waals surface area contributed by atoms with E-state index in [1.807, 2.05) is 11.8 Å². The van der Waals surface area contributed by atoms with Gasteiger partial charge in [-0.2, -0.15) is 0 Å². The smallest absolute Gasteiger partial charge is 0.00965 e. The van der Waals surface area contributed by atoms with Crippen LogP contribution in [0.5, 0.6) is 0 Å². The SMILES string of the molecule is CC(C)(CCNC(C)(C)C)CCSc1ccccc1. The lowest BCUT2D eigenvalue weighted by molar-refractivity contribution is 0.297. The van der Waals surface area contributed by atoms with E-state index in [1.165, 1.54) is 23.5 Å². The molecule has 0 aliphatic rings. The Morgan fingerprint density at radius 1 is 0.947 bits per heavy atom. The summed E-state index contributed by atoms with van der Waals surface area (Å²) in [5.41, 5.74) is 0.648. The van der Waals surface area contributed by atoms with E-state index in [1.54, 1.807) is 0 Å². The lowest BCUT2D eigenvalue weighted by Crippen LogP contribution is -2.38. The van der Waals surface area contributed by atoms with Crippen molar-refractivity contribution in [1.29, 1.82) is 0 Å². The van der Waals surface area contributed by atoms with Crippen LogP contribution in [0, 0.1) is 5.41 Å². The Morgan fingerprint density at radius 3 is 2.16 bits per heavy atom. The molecule has 0 atom stereocenters. The average molecular weight is 279 g/mol. The first-order chi connectivity index (χ1) is 8.79. The molecule has 1 rings (SSSR count). The minimum atomic E-state index is 0.231. The summed E-state index contributed by atoms with van der Waals surface area (Å²) in [6, 6.07) is 10.7. The molecular weight excluding hydrogens is 250 g/mol. The van der Waals surface area contributed by atoms with Crippen LogP contribution in [0.1, 0.15) is 47.5 Å². The second-order valence-electron chi connectivity index (χ2n) is 7.00. The van der Waals surface area contributed by atoms with Crippen LogP contribution in [0.25, 0.3) is 0 Å². The summed E-state index contributed by atoms with van der Waals surface area (Å²) in [6.07, 6.45) is 2.50. The molecule has 1 nitrogen and oxygen atoms in total. The van der Waals surface area contributed by atoms with Gasteiger partial charge in [-0.05, 0) is 63.5 Å². The number of rotatable bonds is 7. The van der Waals surface area contributed by atoms with Crippen LogP contribution < -0.4 is 5.32 Å². The van der Waals surface area contributed by atoms with Gasteiger partial charge in [0.1, 0.15) is 0 Å². The van der Waals surface area contributed by atoms with Crippen LogP contribution >= 0.6 is 11.8 Å². The molecule has 0 aromatic heterocycles. The molecule has 0 saturated carbocycles. The molecular formula is C17H29NS. The Labute approximate surface area is 123 Å². The molecule has 0 amide bonds. The second kappa shape index (κ2) is 7.35. The van der Waals surface area contributed by atoms with Crippen molar-refractivity contribution in [2.75, 3.05) is 12.3 Å². The van der Waals surface area contributed by atoms with E-state index >= 15 is 0 Å². The zero-order valence-corrected chi connectivity index (χ0v) is 13.9. The van der Waals surface area contributed by atoms with Crippen LogP contribution in [0.2, 0.25) is 0 Å². The van der Waals surface area contributed by atoms with Crippen molar-refractivity contribution in [3.63, 3.8) is 0 Å². The molecule has 108 valence electrons. The van der Waals surface area contributed by atoms with Crippen molar-refractivity contribution in [3.8, 4) is 0 Å². The van der Waals surface area contributed by atoms with Gasteiger partial charge in [-0.15, -0.1) is 11.8 Å². The Kier molecular flexibility index (Phi) is 6.41. The summed E-state index contributed by atoms with van der Waals surface area (Å²) < 4.78 is 0. The van der Waals surface area contributed by atoms with Gasteiger partial charge in [-0.25, -0.2) is 0 Å². The van der Waals surface area contributed by atoms with Gasteiger partial charge in [0.2, 0.25) is 0 Å². The van der Waals surface area contributed by atoms with Gasteiger partial charge in [-0.3, -0.25) is 0 Å². The summed E-state index contributed by atoms with van der Waals surface area (Å²) in [5.74, 6) is 1.20. The quantitative estimate of drug-likeness (QED) is 0.707. The Morgan fingerprint density at radius 2 is 1.58 bits per heavy atom. The first kappa shape index (κ1) is 16.6. The van der Waals surface area contributed by atoms with Gasteiger partial charge >= 0.3 is 0 Å². The zero-order chi connectivity index (χ0) is 14.4. The van der Waals surface area contributed by atoms with E-state index in [2.05, 4.69) is 70.3 Å². The standard InChI is InChI=1S/C17H29NS/c1-16(2,3)18-13-11-17(4,5)12-14-19-15-9-7-6-8-10-15/h6-10,18H,11-14H2,1-5H3. The second-order valence-corrected chi connectivity index (χ2v) is 8.17. The topological polar surface area (TPSA) is 12.0 Å². The maximum atomic E-state index is 3.58. The number of hydrogen-bond acceptors (Lipinski definition) is 2. The minimum Gasteiger partial charge on any atom is -0.312 e. The van der Waals surface area contributed by atoms with E-state index in [9.17, 15) is 0 Å². The Hall–Kier alpha value is -0.470. The van der Waals surface area contributed by atoms with E-state index < -0.39 is 0 Å². The normalized spacial score (nSPS) is 12.7. The van der Waals surface area contributed by atoms with Crippen LogP contribution in [0.15, 0.2) is 35.2 Å². The summed E-state index contributed by atoms with van der Waals surface area (Å²) in [4.78, 5) is 1.38. The molecule has 0 heterocycles. The minimum absolute atomic E-state index is 0.231. The number of nitrogens with one attached hydrogen (secondary N) is 1. The third-order valence-corrected chi connectivity index (χ3v) is 4.26. The number of benzene rings is 1. The van der Waals surface area contributed by atoms with E-state index in [4.69, 9.17) is 0 Å². The number of thioether (sulfide) groups is 1. The largest absolute Gasteiger partial charge is 0.312 e. The third kappa shape index (κ3) is 8.33. The van der Waals surface area contributed by atoms with E-state index in [0.717, 1.165) is 6.54 Å². The fourth-order valence-electron chi connectivity index (χ4n) is 1.86. The van der Waals surface area contributed by atoms with Gasteiger partial charge < -0.3 is 5.32 Å². The maximum Gasteiger partial charge on any atom is 0.00965 e. The average Bonchev–Trinajstić information content (AvgIpc) is 2.28. The van der Waals surface area contributed by atoms with Crippen LogP contribution in [-0.4, -0.2) is 17.8 Å². The number of hydrogen-bond donors (Lipinski definition) is 1. The predicted molar refractivity (Wildman–Crippen MR) is 87.9 cm³/mol. The van der Waals surface area contributed by atoms with Crippen LogP contribution in [-0.2, 0) is 0 Å².